The van der Waals surface area contributed by atoms with Gasteiger partial charge in [-0.05, 0) is 30.5 Å². The molecular formula is C17H23NO2. The molecule has 0 aliphatic rings. The molecule has 20 heavy (non-hydrogen) atoms. The third-order valence-corrected chi connectivity index (χ3v) is 3.52. The molecule has 0 aliphatic carbocycles. The van der Waals surface area contributed by atoms with Crippen molar-refractivity contribution in [1.29, 1.82) is 5.26 Å². The van der Waals surface area contributed by atoms with Gasteiger partial charge in [-0.15, -0.1) is 0 Å². The summed E-state index contributed by atoms with van der Waals surface area (Å²) in [6.45, 7) is 4.14. The molecule has 1 rings (SSSR count). The molecule has 0 spiro atoms. The lowest BCUT2D eigenvalue weighted by molar-refractivity contribution is -0.123. The Hall–Kier alpha value is -1.82. The Kier molecular flexibility index (Phi) is 6.79. The van der Waals surface area contributed by atoms with Crippen molar-refractivity contribution in [2.45, 2.75) is 45.4 Å². The van der Waals surface area contributed by atoms with Crippen LogP contribution in [-0.4, -0.2) is 12.9 Å². The zero-order valence-corrected chi connectivity index (χ0v) is 12.6. The number of carbonyl (C=O) groups excluding carboxylic acids is 1. The molecule has 0 N–H and O–H groups in total. The number of methoxy groups -OCH3 is 1. The normalized spacial score (nSPS) is 11.9. The molecule has 1 aromatic rings. The van der Waals surface area contributed by atoms with Gasteiger partial charge in [-0.3, -0.25) is 4.79 Å². The molecule has 0 saturated heterocycles. The zero-order chi connectivity index (χ0) is 15.0. The lowest BCUT2D eigenvalue weighted by Gasteiger charge is -2.18. The fourth-order valence-corrected chi connectivity index (χ4v) is 2.48. The van der Waals surface area contributed by atoms with Crippen molar-refractivity contribution in [3.63, 3.8) is 0 Å². The van der Waals surface area contributed by atoms with Gasteiger partial charge in [0.25, 0.3) is 0 Å². The van der Waals surface area contributed by atoms with Crippen LogP contribution in [0.5, 0.6) is 5.75 Å². The van der Waals surface area contributed by atoms with Crippen LogP contribution in [0.15, 0.2) is 24.3 Å². The molecule has 0 aromatic heterocycles. The first-order valence-corrected chi connectivity index (χ1v) is 7.25. The van der Waals surface area contributed by atoms with Crippen LogP contribution in [0.25, 0.3) is 0 Å². The fraction of sp³-hybridized carbons (Fsp3) is 0.529. The van der Waals surface area contributed by atoms with Crippen LogP contribution >= 0.6 is 0 Å². The average Bonchev–Trinajstić information content (AvgIpc) is 2.48. The van der Waals surface area contributed by atoms with Gasteiger partial charge in [0, 0.05) is 5.92 Å². The molecule has 3 heteroatoms. The first kappa shape index (κ1) is 16.2. The number of nitriles is 1. The number of nitrogens with zero attached hydrogens (tertiary/aromatic N) is 1. The minimum Gasteiger partial charge on any atom is -0.497 e. The van der Waals surface area contributed by atoms with Crippen LogP contribution in [-0.2, 0) is 4.79 Å². The Bertz CT molecular complexity index is 470. The number of carbonyl (C=O) groups is 1. The molecule has 0 saturated carbocycles. The lowest BCUT2D eigenvalue weighted by Crippen LogP contribution is -2.21. The summed E-state index contributed by atoms with van der Waals surface area (Å²) in [5.74, 6) is 0.0246. The molecule has 1 atom stereocenters. The Morgan fingerprint density at radius 3 is 2.45 bits per heavy atom. The van der Waals surface area contributed by atoms with Gasteiger partial charge >= 0.3 is 0 Å². The van der Waals surface area contributed by atoms with Gasteiger partial charge in [0.2, 0.25) is 0 Å². The average molecular weight is 273 g/mol. The summed E-state index contributed by atoms with van der Waals surface area (Å²) in [6, 6.07) is 9.40. The number of Topliss-reactive ketones (excluding diaryl/α,β-unsaturated/α-hetero) is 1. The second-order valence-corrected chi connectivity index (χ2v) is 5.02. The molecule has 1 unspecified atom stereocenters. The molecular weight excluding hydrogens is 250 g/mol. The summed E-state index contributed by atoms with van der Waals surface area (Å²) in [5.41, 5.74) is 0.731. The number of benzene rings is 1. The Balaban J connectivity index is 2.98. The van der Waals surface area contributed by atoms with Gasteiger partial charge in [0.1, 0.15) is 11.7 Å². The summed E-state index contributed by atoms with van der Waals surface area (Å²) in [4.78, 5) is 12.6. The summed E-state index contributed by atoms with van der Waals surface area (Å²) in [6.07, 6.45) is 3.64. The SMILES string of the molecule is CCCC(CCC)C(=O)C(C#N)c1cccc(OC)c1. The van der Waals surface area contributed by atoms with E-state index in [1.165, 1.54) is 0 Å². The van der Waals surface area contributed by atoms with Crippen molar-refractivity contribution in [1.82, 2.24) is 0 Å². The van der Waals surface area contributed by atoms with E-state index in [2.05, 4.69) is 19.9 Å². The van der Waals surface area contributed by atoms with Crippen molar-refractivity contribution in [2.24, 2.45) is 5.92 Å². The summed E-state index contributed by atoms with van der Waals surface area (Å²) in [7, 11) is 1.58. The quantitative estimate of drug-likeness (QED) is 0.716. The standard InChI is InChI=1S/C17H23NO2/c1-4-7-13(8-5-2)17(19)16(12-18)14-9-6-10-15(11-14)20-3/h6,9-11,13,16H,4-5,7-8H2,1-3H3. The maximum atomic E-state index is 12.6. The number of hydrogen-bond acceptors (Lipinski definition) is 3. The number of rotatable bonds is 8. The van der Waals surface area contributed by atoms with E-state index in [-0.39, 0.29) is 11.7 Å². The van der Waals surface area contributed by atoms with Crippen LogP contribution in [0, 0.1) is 17.2 Å². The van der Waals surface area contributed by atoms with Crippen LogP contribution in [0.3, 0.4) is 0 Å². The Morgan fingerprint density at radius 1 is 1.30 bits per heavy atom. The largest absolute Gasteiger partial charge is 0.497 e. The molecule has 0 heterocycles. The monoisotopic (exact) mass is 273 g/mol. The second-order valence-electron chi connectivity index (χ2n) is 5.02. The van der Waals surface area contributed by atoms with Gasteiger partial charge < -0.3 is 4.74 Å². The highest BCUT2D eigenvalue weighted by Gasteiger charge is 2.27. The second kappa shape index (κ2) is 8.37. The summed E-state index contributed by atoms with van der Waals surface area (Å²) < 4.78 is 5.16. The van der Waals surface area contributed by atoms with Gasteiger partial charge in [-0.1, -0.05) is 38.8 Å². The highest BCUT2D eigenvalue weighted by Crippen LogP contribution is 2.27. The summed E-state index contributed by atoms with van der Waals surface area (Å²) in [5, 5.41) is 9.39. The predicted molar refractivity (Wildman–Crippen MR) is 79.7 cm³/mol. The minimum absolute atomic E-state index is 0.0131. The molecule has 0 fully saturated rings. The Labute approximate surface area is 121 Å². The van der Waals surface area contributed by atoms with Gasteiger partial charge in [0.05, 0.1) is 13.2 Å². The van der Waals surface area contributed by atoms with Gasteiger partial charge in [-0.25, -0.2) is 0 Å². The van der Waals surface area contributed by atoms with E-state index in [1.807, 2.05) is 18.2 Å². The molecule has 0 bridgehead atoms. The number of ether oxygens (including phenoxy) is 1. The molecule has 1 aromatic carbocycles. The third-order valence-electron chi connectivity index (χ3n) is 3.52. The van der Waals surface area contributed by atoms with E-state index in [0.29, 0.717) is 5.75 Å². The molecule has 0 radical (unpaired) electrons. The predicted octanol–water partition coefficient (Wildman–Crippen LogP) is 4.09. The van der Waals surface area contributed by atoms with Crippen molar-refractivity contribution in [3.05, 3.63) is 29.8 Å². The van der Waals surface area contributed by atoms with Crippen molar-refractivity contribution in [3.8, 4) is 11.8 Å². The van der Waals surface area contributed by atoms with Crippen molar-refractivity contribution >= 4 is 5.78 Å². The molecule has 3 nitrogen and oxygen atoms in total. The highest BCUT2D eigenvalue weighted by molar-refractivity contribution is 5.90. The van der Waals surface area contributed by atoms with Gasteiger partial charge in [-0.2, -0.15) is 5.26 Å². The van der Waals surface area contributed by atoms with Crippen LogP contribution in [0.1, 0.15) is 51.0 Å². The van der Waals surface area contributed by atoms with Crippen molar-refractivity contribution in [2.75, 3.05) is 7.11 Å². The van der Waals surface area contributed by atoms with Crippen LogP contribution in [0.4, 0.5) is 0 Å². The lowest BCUT2D eigenvalue weighted by atomic mass is 9.84. The van der Waals surface area contributed by atoms with Crippen LogP contribution in [0.2, 0.25) is 0 Å². The van der Waals surface area contributed by atoms with E-state index in [9.17, 15) is 10.1 Å². The molecule has 0 aliphatic heterocycles. The minimum atomic E-state index is -0.687. The molecule has 0 amide bonds. The third kappa shape index (κ3) is 4.09. The maximum absolute atomic E-state index is 12.6. The van der Waals surface area contributed by atoms with E-state index in [1.54, 1.807) is 13.2 Å². The van der Waals surface area contributed by atoms with E-state index >= 15 is 0 Å². The van der Waals surface area contributed by atoms with Crippen LogP contribution < -0.4 is 4.74 Å². The molecule has 108 valence electrons. The van der Waals surface area contributed by atoms with E-state index in [0.717, 1.165) is 31.2 Å². The number of ketones is 1. The summed E-state index contributed by atoms with van der Waals surface area (Å²) >= 11 is 0. The Morgan fingerprint density at radius 2 is 1.95 bits per heavy atom. The smallest absolute Gasteiger partial charge is 0.157 e. The number of hydrogen-bond donors (Lipinski definition) is 0. The first-order valence-electron chi connectivity index (χ1n) is 7.25. The van der Waals surface area contributed by atoms with E-state index in [4.69, 9.17) is 4.74 Å². The first-order chi connectivity index (χ1) is 9.67. The van der Waals surface area contributed by atoms with Gasteiger partial charge in [0.15, 0.2) is 5.78 Å². The highest BCUT2D eigenvalue weighted by atomic mass is 16.5. The maximum Gasteiger partial charge on any atom is 0.157 e. The van der Waals surface area contributed by atoms with Crippen molar-refractivity contribution < 1.29 is 9.53 Å². The zero-order valence-electron chi connectivity index (χ0n) is 12.6. The topological polar surface area (TPSA) is 50.1 Å². The fourth-order valence-electron chi connectivity index (χ4n) is 2.48. The van der Waals surface area contributed by atoms with E-state index < -0.39 is 5.92 Å².